The molecule has 0 saturated carbocycles. The Morgan fingerprint density at radius 2 is 1.38 bits per heavy atom. The summed E-state index contributed by atoms with van der Waals surface area (Å²) in [5, 5.41) is 27.6. The van der Waals surface area contributed by atoms with Crippen molar-refractivity contribution in [2.45, 2.75) is 33.9 Å². The number of ether oxygens (including phenoxy) is 2. The van der Waals surface area contributed by atoms with Gasteiger partial charge in [0.05, 0.1) is 67.9 Å². The predicted octanol–water partition coefficient (Wildman–Crippen LogP) is 7.36. The minimum atomic E-state index is -0.0555. The van der Waals surface area contributed by atoms with Crippen molar-refractivity contribution in [2.24, 2.45) is 0 Å². The van der Waals surface area contributed by atoms with E-state index in [-0.39, 0.29) is 5.91 Å². The molecule has 0 aliphatic rings. The second-order valence-corrected chi connectivity index (χ2v) is 16.0. The largest absolute Gasteiger partial charge is 0.497 e. The van der Waals surface area contributed by atoms with Gasteiger partial charge in [-0.1, -0.05) is 23.5 Å². The van der Waals surface area contributed by atoms with E-state index in [2.05, 4.69) is 61.3 Å². The van der Waals surface area contributed by atoms with E-state index in [9.17, 15) is 4.79 Å². The van der Waals surface area contributed by atoms with E-state index in [0.717, 1.165) is 75.6 Å². The molecule has 16 nitrogen and oxygen atoms in total. The van der Waals surface area contributed by atoms with Gasteiger partial charge in [-0.15, -0.1) is 21.5 Å². The summed E-state index contributed by atoms with van der Waals surface area (Å²) in [4.78, 5) is 37.6. The van der Waals surface area contributed by atoms with Crippen LogP contribution in [0.2, 0.25) is 0 Å². The number of carbonyl (C=O) groups is 1. The maximum Gasteiger partial charge on any atom is 0.243 e. The second kappa shape index (κ2) is 18.9. The van der Waals surface area contributed by atoms with Gasteiger partial charge in [0.25, 0.3) is 0 Å². The van der Waals surface area contributed by atoms with Gasteiger partial charge in [-0.25, -0.2) is 24.9 Å². The van der Waals surface area contributed by atoms with Gasteiger partial charge in [-0.3, -0.25) is 4.79 Å². The van der Waals surface area contributed by atoms with Crippen LogP contribution >= 0.6 is 22.7 Å². The Morgan fingerprint density at radius 1 is 0.717 bits per heavy atom. The van der Waals surface area contributed by atoms with Gasteiger partial charge in [-0.2, -0.15) is 10.2 Å². The first-order chi connectivity index (χ1) is 29.1. The van der Waals surface area contributed by atoms with Crippen molar-refractivity contribution in [2.75, 3.05) is 50.8 Å². The highest BCUT2D eigenvalue weighted by molar-refractivity contribution is 7.18. The molecule has 3 aromatic carbocycles. The van der Waals surface area contributed by atoms with Crippen LogP contribution in [0.5, 0.6) is 11.5 Å². The Hall–Kier alpha value is -6.76. The number of fused-ring (bicyclic) bond motifs is 2. The zero-order chi connectivity index (χ0) is 42.2. The van der Waals surface area contributed by atoms with Gasteiger partial charge >= 0.3 is 0 Å². The van der Waals surface area contributed by atoms with Crippen molar-refractivity contribution >= 4 is 66.7 Å². The molecule has 0 fully saturated rings. The first-order valence-corrected chi connectivity index (χ1v) is 20.4. The molecule has 5 heterocycles. The van der Waals surface area contributed by atoms with Crippen molar-refractivity contribution in [3.63, 3.8) is 0 Å². The van der Waals surface area contributed by atoms with Crippen LogP contribution in [0.3, 0.4) is 0 Å². The molecule has 0 saturated heterocycles. The molecule has 0 spiro atoms. The number of carbonyl (C=O) groups excluding carboxylic acids is 1. The number of aryl methyl sites for hydroxylation is 3. The maximum atomic E-state index is 12.1. The summed E-state index contributed by atoms with van der Waals surface area (Å²) in [7, 11) is 7.01. The highest BCUT2D eigenvalue weighted by Crippen LogP contribution is 2.32. The Morgan fingerprint density at radius 3 is 2.03 bits per heavy atom. The van der Waals surface area contributed by atoms with Gasteiger partial charge in [0.2, 0.25) is 17.8 Å². The lowest BCUT2D eigenvalue weighted by Crippen LogP contribution is -2.27. The van der Waals surface area contributed by atoms with Gasteiger partial charge in [0, 0.05) is 29.1 Å². The summed E-state index contributed by atoms with van der Waals surface area (Å²) in [6.07, 6.45) is 5.05. The van der Waals surface area contributed by atoms with Crippen molar-refractivity contribution in [3.05, 3.63) is 106 Å². The van der Waals surface area contributed by atoms with Crippen LogP contribution < -0.4 is 25.4 Å². The summed E-state index contributed by atoms with van der Waals surface area (Å²) in [5.41, 5.74) is 8.92. The van der Waals surface area contributed by atoms with E-state index in [1.54, 1.807) is 55.5 Å². The van der Waals surface area contributed by atoms with Gasteiger partial charge in [0.1, 0.15) is 31.9 Å². The highest BCUT2D eigenvalue weighted by atomic mass is 32.1. The normalized spacial score (nSPS) is 11.0. The first-order valence-electron chi connectivity index (χ1n) is 18.8. The fraction of sp³-hybridized carbons (Fsp3) is 0.238. The summed E-state index contributed by atoms with van der Waals surface area (Å²) in [6.45, 7) is 7.33. The summed E-state index contributed by atoms with van der Waals surface area (Å²) >= 11 is 3.15. The zero-order valence-electron chi connectivity index (χ0n) is 34.1. The summed E-state index contributed by atoms with van der Waals surface area (Å²) < 4.78 is 11.8. The topological polar surface area (TPSA) is 191 Å². The molecule has 306 valence electrons. The van der Waals surface area contributed by atoms with Crippen molar-refractivity contribution in [1.82, 2.24) is 50.2 Å². The van der Waals surface area contributed by atoms with Gasteiger partial charge in [0.15, 0.2) is 0 Å². The standard InChI is InChI=1S/C24H27N7O2S.C18H16N6OS/c1-14-8-16(27-21(32)13-31(3)4)9-15(2)23(14)19-11-26-30-24(29-19)25-12-22-28-18-10-17(33-5)6-7-20(18)34-22;1-11-5-3-7-14(25-2)16(11)13-9-21-24-18(23-13)20-10-15-22-12-6-4-8-19-17(12)26-15/h6-11H,12-13H2,1-5H3,(H,27,32)(H,25,29,30);3-9H,10H2,1-2H3,(H,20,23,24). The third kappa shape index (κ3) is 10.1. The molecule has 60 heavy (non-hydrogen) atoms. The van der Waals surface area contributed by atoms with Gasteiger partial charge in [-0.05, 0) is 94.0 Å². The number of methoxy groups -OCH3 is 2. The molecule has 0 aliphatic heterocycles. The van der Waals surface area contributed by atoms with E-state index in [1.165, 1.54) is 0 Å². The lowest BCUT2D eigenvalue weighted by Gasteiger charge is -2.14. The molecule has 0 radical (unpaired) electrons. The number of benzene rings is 3. The fourth-order valence-electron chi connectivity index (χ4n) is 6.42. The van der Waals surface area contributed by atoms with Crippen LogP contribution in [0.4, 0.5) is 17.6 Å². The average Bonchev–Trinajstić information content (AvgIpc) is 3.85. The molecule has 8 rings (SSSR count). The quantitative estimate of drug-likeness (QED) is 0.104. The summed E-state index contributed by atoms with van der Waals surface area (Å²) in [6, 6.07) is 19.5. The fourth-order valence-corrected chi connectivity index (χ4v) is 8.15. The molecule has 1 amide bonds. The number of nitrogens with one attached hydrogen (secondary N) is 3. The Kier molecular flexibility index (Phi) is 13.0. The maximum absolute atomic E-state index is 12.1. The predicted molar refractivity (Wildman–Crippen MR) is 237 cm³/mol. The molecule has 0 atom stereocenters. The van der Waals surface area contributed by atoms with Crippen LogP contribution in [-0.2, 0) is 17.9 Å². The number of anilines is 3. The number of hydrogen-bond acceptors (Lipinski definition) is 17. The minimum Gasteiger partial charge on any atom is -0.497 e. The number of nitrogens with zero attached hydrogens (tertiary/aromatic N) is 10. The third-order valence-corrected chi connectivity index (χ3v) is 11.0. The van der Waals surface area contributed by atoms with Crippen LogP contribution in [0.25, 0.3) is 43.1 Å². The molecular weight excluding hydrogens is 799 g/mol. The van der Waals surface area contributed by atoms with Crippen molar-refractivity contribution in [1.29, 1.82) is 0 Å². The minimum absolute atomic E-state index is 0.0555. The smallest absolute Gasteiger partial charge is 0.243 e. The number of thiazole rings is 2. The number of hydrogen-bond donors (Lipinski definition) is 3. The average molecular weight is 842 g/mol. The Labute approximate surface area is 354 Å². The molecule has 5 aromatic heterocycles. The van der Waals surface area contributed by atoms with Crippen molar-refractivity contribution in [3.8, 4) is 34.0 Å². The lowest BCUT2D eigenvalue weighted by molar-refractivity contribution is -0.116. The number of rotatable bonds is 13. The molecule has 18 heteroatoms. The number of amides is 1. The SMILES string of the molecule is COc1ccc2sc(CNc3nncc(-c4c(C)cc(NC(=O)CN(C)C)cc4C)n3)nc2c1.COc1cccc(C)c1-c1cnnc(NCc2nc3cccnc3s2)n1. The second-order valence-electron chi connectivity index (χ2n) is 13.8. The molecule has 8 aromatic rings. The Bertz CT molecular complexity index is 2720. The molecule has 3 N–H and O–H groups in total. The number of pyridine rings is 1. The summed E-state index contributed by atoms with van der Waals surface area (Å²) in [5.74, 6) is 2.36. The first kappa shape index (κ1) is 41.4. The number of aromatic nitrogens is 9. The van der Waals surface area contributed by atoms with E-state index in [4.69, 9.17) is 9.47 Å². The lowest BCUT2D eigenvalue weighted by atomic mass is 9.99. The molecule has 0 aliphatic carbocycles. The van der Waals surface area contributed by atoms with Crippen LogP contribution in [0.15, 0.2) is 79.3 Å². The third-order valence-electron chi connectivity index (χ3n) is 9.01. The zero-order valence-corrected chi connectivity index (χ0v) is 35.8. The Balaban J connectivity index is 0.000000188. The molecule has 0 bridgehead atoms. The van der Waals surface area contributed by atoms with E-state index >= 15 is 0 Å². The molecular formula is C42H43N13O3S2. The highest BCUT2D eigenvalue weighted by Gasteiger charge is 2.15. The van der Waals surface area contributed by atoms with Crippen molar-refractivity contribution < 1.29 is 14.3 Å². The van der Waals surface area contributed by atoms with Crippen LogP contribution in [0.1, 0.15) is 26.7 Å². The molecule has 0 unspecified atom stereocenters. The van der Waals surface area contributed by atoms with E-state index in [0.29, 0.717) is 42.9 Å². The van der Waals surface area contributed by atoms with Gasteiger partial charge < -0.3 is 30.3 Å². The number of likely N-dealkylation sites (N-methyl/N-ethyl adjacent to an activating group) is 1. The van der Waals surface area contributed by atoms with Crippen LogP contribution in [0, 0.1) is 20.8 Å². The van der Waals surface area contributed by atoms with Crippen LogP contribution in [-0.4, -0.2) is 91.0 Å². The van der Waals surface area contributed by atoms with E-state index < -0.39 is 0 Å². The monoisotopic (exact) mass is 841 g/mol. The van der Waals surface area contributed by atoms with E-state index in [1.807, 2.05) is 100 Å².